The largest absolute Gasteiger partial charge is 0.497 e. The van der Waals surface area contributed by atoms with Crippen molar-refractivity contribution < 1.29 is 22.7 Å². The van der Waals surface area contributed by atoms with Gasteiger partial charge in [0.1, 0.15) is 18.4 Å². The molecule has 0 aliphatic carbocycles. The van der Waals surface area contributed by atoms with Crippen LogP contribution in [0.5, 0.6) is 5.75 Å². The van der Waals surface area contributed by atoms with E-state index in [1.807, 2.05) is 0 Å². The molecule has 0 saturated heterocycles. The van der Waals surface area contributed by atoms with Gasteiger partial charge in [0.15, 0.2) is 0 Å². The van der Waals surface area contributed by atoms with Gasteiger partial charge in [-0.3, -0.25) is 4.79 Å². The molecule has 0 saturated carbocycles. The molecule has 10 heteroatoms. The van der Waals surface area contributed by atoms with Crippen LogP contribution in [-0.2, 0) is 17.4 Å². The number of nitrogens with one attached hydrogen (secondary N) is 1. The van der Waals surface area contributed by atoms with Gasteiger partial charge < -0.3 is 15.0 Å². The van der Waals surface area contributed by atoms with Crippen LogP contribution in [0.2, 0.25) is 0 Å². The molecule has 2 aromatic carbocycles. The number of alkyl halides is 3. The molecular weight excluding hydrogens is 399 g/mol. The number of hydrogen-bond donors (Lipinski definition) is 1. The standard InChI is InChI=1S/C20H18F3N5O2/c1-30-17-8-15(7-16(9-17)28-12-24-11-26-28)25-10-19(29)27-5-4-13-2-3-14(6-18(13)27)20(21,22)23/h2-3,6-9,11-12,25H,4-5,10H2,1H3. The highest BCUT2D eigenvalue weighted by Crippen LogP contribution is 2.36. The lowest BCUT2D eigenvalue weighted by molar-refractivity contribution is -0.137. The maximum atomic E-state index is 13.0. The minimum absolute atomic E-state index is 0.0837. The Morgan fingerprint density at radius 1 is 1.23 bits per heavy atom. The average molecular weight is 417 g/mol. The third kappa shape index (κ3) is 3.93. The molecule has 30 heavy (non-hydrogen) atoms. The summed E-state index contributed by atoms with van der Waals surface area (Å²) in [7, 11) is 1.52. The van der Waals surface area contributed by atoms with Gasteiger partial charge in [0.25, 0.3) is 0 Å². The highest BCUT2D eigenvalue weighted by atomic mass is 19.4. The second-order valence-corrected chi connectivity index (χ2v) is 6.75. The van der Waals surface area contributed by atoms with Gasteiger partial charge in [-0.2, -0.15) is 18.3 Å². The van der Waals surface area contributed by atoms with E-state index in [9.17, 15) is 18.0 Å². The second kappa shape index (κ2) is 7.69. The van der Waals surface area contributed by atoms with Crippen molar-refractivity contribution in [1.82, 2.24) is 14.8 Å². The fraction of sp³-hybridized carbons (Fsp3) is 0.250. The minimum atomic E-state index is -4.46. The van der Waals surface area contributed by atoms with Crippen molar-refractivity contribution in [2.45, 2.75) is 12.6 Å². The molecule has 0 radical (unpaired) electrons. The number of rotatable bonds is 5. The van der Waals surface area contributed by atoms with Crippen molar-refractivity contribution in [3.8, 4) is 11.4 Å². The number of fused-ring (bicyclic) bond motifs is 1. The summed E-state index contributed by atoms with van der Waals surface area (Å²) in [6.45, 7) is 0.263. The van der Waals surface area contributed by atoms with E-state index in [2.05, 4.69) is 15.4 Å². The van der Waals surface area contributed by atoms with E-state index in [1.54, 1.807) is 22.9 Å². The lowest BCUT2D eigenvalue weighted by atomic mass is 10.1. The Bertz CT molecular complexity index is 1070. The maximum absolute atomic E-state index is 13.0. The Morgan fingerprint density at radius 2 is 2.07 bits per heavy atom. The van der Waals surface area contributed by atoms with Crippen molar-refractivity contribution in [3.05, 3.63) is 60.2 Å². The quantitative estimate of drug-likeness (QED) is 0.690. The summed E-state index contributed by atoms with van der Waals surface area (Å²) in [6.07, 6.45) is -1.00. The number of benzene rings is 2. The number of amides is 1. The first-order chi connectivity index (χ1) is 14.3. The SMILES string of the molecule is COc1cc(NCC(=O)N2CCc3ccc(C(F)(F)F)cc32)cc(-n2cncn2)c1. The van der Waals surface area contributed by atoms with Crippen molar-refractivity contribution in [2.75, 3.05) is 30.4 Å². The van der Waals surface area contributed by atoms with Crippen molar-refractivity contribution in [3.63, 3.8) is 0 Å². The summed E-state index contributed by atoms with van der Waals surface area (Å²) in [5.74, 6) is 0.234. The second-order valence-electron chi connectivity index (χ2n) is 6.75. The van der Waals surface area contributed by atoms with Gasteiger partial charge in [-0.05, 0) is 30.2 Å². The minimum Gasteiger partial charge on any atom is -0.497 e. The molecule has 0 bridgehead atoms. The normalized spacial score (nSPS) is 13.3. The van der Waals surface area contributed by atoms with Crippen LogP contribution in [0, 0.1) is 0 Å². The Balaban J connectivity index is 1.51. The van der Waals surface area contributed by atoms with Gasteiger partial charge in [0.05, 0.1) is 24.9 Å². The van der Waals surface area contributed by atoms with Crippen molar-refractivity contribution in [1.29, 1.82) is 0 Å². The van der Waals surface area contributed by atoms with E-state index in [1.165, 1.54) is 30.7 Å². The summed E-state index contributed by atoms with van der Waals surface area (Å²) in [5.41, 5.74) is 1.57. The number of halogens is 3. The van der Waals surface area contributed by atoms with Crippen LogP contribution < -0.4 is 15.0 Å². The number of carbonyl (C=O) groups excluding carboxylic acids is 1. The zero-order chi connectivity index (χ0) is 21.3. The van der Waals surface area contributed by atoms with Crippen LogP contribution in [-0.4, -0.2) is 40.9 Å². The van der Waals surface area contributed by atoms with Gasteiger partial charge in [-0.15, -0.1) is 0 Å². The molecule has 0 atom stereocenters. The van der Waals surface area contributed by atoms with E-state index in [0.717, 1.165) is 17.7 Å². The van der Waals surface area contributed by atoms with Crippen molar-refractivity contribution in [2.24, 2.45) is 0 Å². The smallest absolute Gasteiger partial charge is 0.416 e. The van der Waals surface area contributed by atoms with Gasteiger partial charge in [0.2, 0.25) is 5.91 Å². The third-order valence-corrected chi connectivity index (χ3v) is 4.86. The number of carbonyl (C=O) groups is 1. The number of methoxy groups -OCH3 is 1. The Hall–Kier alpha value is -3.56. The van der Waals surface area contributed by atoms with E-state index >= 15 is 0 Å². The highest BCUT2D eigenvalue weighted by molar-refractivity contribution is 5.98. The molecule has 7 nitrogen and oxygen atoms in total. The molecule has 1 amide bonds. The Labute approximate surface area is 170 Å². The molecule has 2 heterocycles. The summed E-state index contributed by atoms with van der Waals surface area (Å²) in [6, 6.07) is 8.77. The fourth-order valence-electron chi connectivity index (χ4n) is 3.36. The molecule has 3 aromatic rings. The molecule has 1 N–H and O–H groups in total. The van der Waals surface area contributed by atoms with E-state index in [-0.39, 0.29) is 12.5 Å². The summed E-state index contributed by atoms with van der Waals surface area (Å²) >= 11 is 0. The van der Waals surface area contributed by atoms with Crippen LogP contribution >= 0.6 is 0 Å². The van der Waals surface area contributed by atoms with Crippen molar-refractivity contribution >= 4 is 17.3 Å². The average Bonchev–Trinajstić information content (AvgIpc) is 3.40. The fourth-order valence-corrected chi connectivity index (χ4v) is 3.36. The number of hydrogen-bond acceptors (Lipinski definition) is 5. The van der Waals surface area contributed by atoms with Crippen LogP contribution in [0.15, 0.2) is 49.1 Å². The van der Waals surface area contributed by atoms with E-state index in [0.29, 0.717) is 35.8 Å². The predicted octanol–water partition coefficient (Wildman–Crippen LogP) is 3.30. The monoisotopic (exact) mass is 417 g/mol. The van der Waals surface area contributed by atoms with Gasteiger partial charge in [0, 0.05) is 30.1 Å². The lowest BCUT2D eigenvalue weighted by Gasteiger charge is -2.19. The van der Waals surface area contributed by atoms with Gasteiger partial charge in [-0.1, -0.05) is 6.07 Å². The first-order valence-corrected chi connectivity index (χ1v) is 9.13. The Kier molecular flexibility index (Phi) is 5.06. The summed E-state index contributed by atoms with van der Waals surface area (Å²) < 4.78 is 46.0. The highest BCUT2D eigenvalue weighted by Gasteiger charge is 2.33. The first-order valence-electron chi connectivity index (χ1n) is 9.13. The molecule has 4 rings (SSSR count). The number of aromatic nitrogens is 3. The van der Waals surface area contributed by atoms with Gasteiger partial charge >= 0.3 is 6.18 Å². The van der Waals surface area contributed by atoms with Gasteiger partial charge in [-0.25, -0.2) is 9.67 Å². The molecule has 1 aliphatic heterocycles. The summed E-state index contributed by atoms with van der Waals surface area (Å²) in [4.78, 5) is 18.0. The third-order valence-electron chi connectivity index (χ3n) is 4.86. The van der Waals surface area contributed by atoms with Crippen LogP contribution in [0.25, 0.3) is 5.69 Å². The topological polar surface area (TPSA) is 72.3 Å². The zero-order valence-electron chi connectivity index (χ0n) is 16.0. The molecular formula is C20H18F3N5O2. The number of nitrogens with zero attached hydrogens (tertiary/aromatic N) is 4. The Morgan fingerprint density at radius 3 is 2.77 bits per heavy atom. The maximum Gasteiger partial charge on any atom is 0.416 e. The first kappa shape index (κ1) is 19.7. The molecule has 156 valence electrons. The number of anilines is 2. The lowest BCUT2D eigenvalue weighted by Crippen LogP contribution is -2.34. The zero-order valence-corrected chi connectivity index (χ0v) is 16.0. The van der Waals surface area contributed by atoms with Crippen LogP contribution in [0.4, 0.5) is 24.5 Å². The van der Waals surface area contributed by atoms with E-state index < -0.39 is 11.7 Å². The van der Waals surface area contributed by atoms with Crippen LogP contribution in [0.1, 0.15) is 11.1 Å². The number of ether oxygens (including phenoxy) is 1. The van der Waals surface area contributed by atoms with Crippen LogP contribution in [0.3, 0.4) is 0 Å². The molecule has 1 aromatic heterocycles. The molecule has 0 unspecified atom stereocenters. The molecule has 0 fully saturated rings. The van der Waals surface area contributed by atoms with E-state index in [4.69, 9.17) is 4.74 Å². The molecule has 0 spiro atoms. The predicted molar refractivity (Wildman–Crippen MR) is 104 cm³/mol. The summed E-state index contributed by atoms with van der Waals surface area (Å²) in [5, 5.41) is 7.09. The molecule has 1 aliphatic rings.